The van der Waals surface area contributed by atoms with Gasteiger partial charge in [-0.15, -0.1) is 0 Å². The minimum atomic E-state index is -0.236. The van der Waals surface area contributed by atoms with Gasteiger partial charge in [-0.3, -0.25) is 0 Å². The Morgan fingerprint density at radius 3 is 2.63 bits per heavy atom. The molecule has 1 unspecified atom stereocenters. The maximum atomic E-state index is 13.4. The van der Waals surface area contributed by atoms with E-state index in [4.69, 9.17) is 4.42 Å². The van der Waals surface area contributed by atoms with E-state index in [0.29, 0.717) is 11.1 Å². The molecule has 0 fully saturated rings. The molecule has 0 saturated heterocycles. The van der Waals surface area contributed by atoms with Crippen LogP contribution in [0.25, 0.3) is 0 Å². The van der Waals surface area contributed by atoms with Crippen LogP contribution in [0.5, 0.6) is 0 Å². The maximum Gasteiger partial charge on any atom is 0.169 e. The van der Waals surface area contributed by atoms with E-state index in [1.165, 1.54) is 6.07 Å². The van der Waals surface area contributed by atoms with E-state index in [-0.39, 0.29) is 11.9 Å². The number of likely N-dealkylation sites (N-methyl/N-ethyl adjacent to an activating group) is 1. The summed E-state index contributed by atoms with van der Waals surface area (Å²) in [7, 11) is 0. The summed E-state index contributed by atoms with van der Waals surface area (Å²) >= 11 is 6.61. The first-order valence-electron chi connectivity index (χ1n) is 6.02. The third kappa shape index (κ3) is 4.16. The third-order valence-electron chi connectivity index (χ3n) is 2.75. The summed E-state index contributed by atoms with van der Waals surface area (Å²) in [4.78, 5) is 0. The molecular formula is C14H14Br2FNO. The Kier molecular flexibility index (Phi) is 5.19. The van der Waals surface area contributed by atoms with Crippen molar-refractivity contribution in [2.45, 2.75) is 19.4 Å². The van der Waals surface area contributed by atoms with Crippen LogP contribution in [0.4, 0.5) is 4.39 Å². The standard InChI is InChI=1S/C14H14Br2FNO/c1-2-18-12(13-3-4-14(16)19-13)7-9-5-10(15)8-11(17)6-9/h3-6,8,12,18H,2,7H2,1H3. The monoisotopic (exact) mass is 389 g/mol. The Morgan fingerprint density at radius 2 is 2.05 bits per heavy atom. The van der Waals surface area contributed by atoms with Gasteiger partial charge in [-0.1, -0.05) is 22.9 Å². The predicted octanol–water partition coefficient (Wildman–Crippen LogP) is 4.84. The van der Waals surface area contributed by atoms with Crippen molar-refractivity contribution in [2.75, 3.05) is 6.54 Å². The molecule has 2 rings (SSSR count). The Labute approximate surface area is 128 Å². The summed E-state index contributed by atoms with van der Waals surface area (Å²) in [5, 5.41) is 3.35. The largest absolute Gasteiger partial charge is 0.453 e. The number of hydrogen-bond donors (Lipinski definition) is 1. The number of furan rings is 1. The highest BCUT2D eigenvalue weighted by Crippen LogP contribution is 2.25. The molecular weight excluding hydrogens is 377 g/mol. The van der Waals surface area contributed by atoms with Crippen LogP contribution in [0.3, 0.4) is 0 Å². The maximum absolute atomic E-state index is 13.4. The van der Waals surface area contributed by atoms with Crippen molar-refractivity contribution in [3.63, 3.8) is 0 Å². The minimum Gasteiger partial charge on any atom is -0.453 e. The molecule has 5 heteroatoms. The van der Waals surface area contributed by atoms with E-state index in [1.807, 2.05) is 25.1 Å². The smallest absolute Gasteiger partial charge is 0.169 e. The van der Waals surface area contributed by atoms with Gasteiger partial charge in [-0.25, -0.2) is 4.39 Å². The van der Waals surface area contributed by atoms with Crippen LogP contribution < -0.4 is 5.32 Å². The molecule has 1 atom stereocenters. The van der Waals surface area contributed by atoms with Crippen molar-refractivity contribution in [2.24, 2.45) is 0 Å². The second kappa shape index (κ2) is 6.68. The fraction of sp³-hybridized carbons (Fsp3) is 0.286. The van der Waals surface area contributed by atoms with Crippen molar-refractivity contribution in [1.29, 1.82) is 0 Å². The SMILES string of the molecule is CCNC(Cc1cc(F)cc(Br)c1)c1ccc(Br)o1. The van der Waals surface area contributed by atoms with Crippen molar-refractivity contribution >= 4 is 31.9 Å². The molecule has 1 N–H and O–H groups in total. The second-order valence-corrected chi connectivity index (χ2v) is 5.93. The first-order valence-corrected chi connectivity index (χ1v) is 7.60. The second-order valence-electron chi connectivity index (χ2n) is 4.23. The lowest BCUT2D eigenvalue weighted by molar-refractivity contribution is 0.405. The zero-order chi connectivity index (χ0) is 13.8. The van der Waals surface area contributed by atoms with E-state index >= 15 is 0 Å². The van der Waals surface area contributed by atoms with Crippen molar-refractivity contribution in [1.82, 2.24) is 5.32 Å². The Balaban J connectivity index is 2.20. The van der Waals surface area contributed by atoms with Crippen LogP contribution in [0.15, 0.2) is 43.9 Å². The zero-order valence-corrected chi connectivity index (χ0v) is 13.6. The number of hydrogen-bond acceptors (Lipinski definition) is 2. The summed E-state index contributed by atoms with van der Waals surface area (Å²) in [5.74, 6) is 0.606. The molecule has 2 aromatic rings. The number of nitrogens with one attached hydrogen (secondary N) is 1. The summed E-state index contributed by atoms with van der Waals surface area (Å²) in [6.07, 6.45) is 0.671. The normalized spacial score (nSPS) is 12.6. The topological polar surface area (TPSA) is 25.2 Å². The minimum absolute atomic E-state index is 0.0324. The van der Waals surface area contributed by atoms with E-state index in [1.54, 1.807) is 6.07 Å². The van der Waals surface area contributed by atoms with Crippen LogP contribution in [0, 0.1) is 5.82 Å². The van der Waals surface area contributed by atoms with E-state index in [2.05, 4.69) is 37.2 Å². The van der Waals surface area contributed by atoms with Gasteiger partial charge in [0.1, 0.15) is 11.6 Å². The van der Waals surface area contributed by atoms with Gasteiger partial charge in [-0.05, 0) is 64.8 Å². The van der Waals surface area contributed by atoms with Crippen LogP contribution in [-0.4, -0.2) is 6.54 Å². The highest BCUT2D eigenvalue weighted by Gasteiger charge is 2.15. The summed E-state index contributed by atoms with van der Waals surface area (Å²) in [5.41, 5.74) is 0.922. The van der Waals surface area contributed by atoms with Crippen molar-refractivity contribution < 1.29 is 8.81 Å². The quantitative estimate of drug-likeness (QED) is 0.790. The summed E-state index contributed by atoms with van der Waals surface area (Å²) in [6.45, 7) is 2.85. The highest BCUT2D eigenvalue weighted by atomic mass is 79.9. The van der Waals surface area contributed by atoms with Gasteiger partial charge >= 0.3 is 0 Å². The number of rotatable bonds is 5. The molecule has 2 nitrogen and oxygen atoms in total. The lowest BCUT2D eigenvalue weighted by atomic mass is 10.0. The number of benzene rings is 1. The van der Waals surface area contributed by atoms with E-state index in [9.17, 15) is 4.39 Å². The first kappa shape index (κ1) is 14.8. The molecule has 0 aliphatic heterocycles. The molecule has 1 aromatic carbocycles. The first-order chi connectivity index (χ1) is 9.08. The molecule has 0 radical (unpaired) electrons. The molecule has 0 aliphatic carbocycles. The summed E-state index contributed by atoms with van der Waals surface area (Å²) < 4.78 is 20.4. The van der Waals surface area contributed by atoms with Crippen LogP contribution in [0.1, 0.15) is 24.3 Å². The van der Waals surface area contributed by atoms with Gasteiger partial charge in [0.15, 0.2) is 4.67 Å². The molecule has 0 amide bonds. The molecule has 1 aromatic heterocycles. The fourth-order valence-corrected chi connectivity index (χ4v) is 2.83. The van der Waals surface area contributed by atoms with Crippen molar-refractivity contribution in [3.8, 4) is 0 Å². The van der Waals surface area contributed by atoms with Crippen molar-refractivity contribution in [3.05, 3.63) is 56.6 Å². The van der Waals surface area contributed by atoms with Gasteiger partial charge in [0.05, 0.1) is 6.04 Å². The summed E-state index contributed by atoms with van der Waals surface area (Å²) in [6, 6.07) is 8.74. The van der Waals surface area contributed by atoms with Gasteiger partial charge < -0.3 is 9.73 Å². The molecule has 0 bridgehead atoms. The third-order valence-corrected chi connectivity index (χ3v) is 3.63. The fourth-order valence-electron chi connectivity index (χ4n) is 2.00. The molecule has 19 heavy (non-hydrogen) atoms. The van der Waals surface area contributed by atoms with Gasteiger partial charge in [0.25, 0.3) is 0 Å². The Bertz CT molecular complexity index is 536. The van der Waals surface area contributed by atoms with Gasteiger partial charge in [0.2, 0.25) is 0 Å². The lowest BCUT2D eigenvalue weighted by Crippen LogP contribution is -2.22. The van der Waals surface area contributed by atoms with E-state index in [0.717, 1.165) is 22.3 Å². The van der Waals surface area contributed by atoms with E-state index < -0.39 is 0 Å². The highest BCUT2D eigenvalue weighted by molar-refractivity contribution is 9.10. The lowest BCUT2D eigenvalue weighted by Gasteiger charge is -2.15. The zero-order valence-electron chi connectivity index (χ0n) is 10.4. The number of halogens is 3. The van der Waals surface area contributed by atoms with Crippen LogP contribution >= 0.6 is 31.9 Å². The predicted molar refractivity (Wildman–Crippen MR) is 80.6 cm³/mol. The Hall–Kier alpha value is -0.650. The van der Waals surface area contributed by atoms with Crippen LogP contribution in [-0.2, 0) is 6.42 Å². The average molecular weight is 391 g/mol. The van der Waals surface area contributed by atoms with Gasteiger partial charge in [0, 0.05) is 4.47 Å². The average Bonchev–Trinajstić information content (AvgIpc) is 2.74. The molecule has 0 aliphatic rings. The van der Waals surface area contributed by atoms with Crippen LogP contribution in [0.2, 0.25) is 0 Å². The molecule has 0 saturated carbocycles. The molecule has 102 valence electrons. The Morgan fingerprint density at radius 1 is 1.26 bits per heavy atom. The van der Waals surface area contributed by atoms with Gasteiger partial charge in [-0.2, -0.15) is 0 Å². The molecule has 1 heterocycles. The molecule has 0 spiro atoms.